The molecule has 0 saturated heterocycles. The Labute approximate surface area is 72.3 Å². The maximum absolute atomic E-state index is 5.39. The first-order chi connectivity index (χ1) is 5.86. The molecular formula is C6H5N5S. The topological polar surface area (TPSA) is 77.6 Å². The van der Waals surface area contributed by atoms with Crippen LogP contribution in [0.25, 0.3) is 10.7 Å². The summed E-state index contributed by atoms with van der Waals surface area (Å²) in [5.41, 5.74) is 7.10. The van der Waals surface area contributed by atoms with E-state index in [4.69, 9.17) is 5.73 Å². The highest BCUT2D eigenvalue weighted by Gasteiger charge is 2.02. The van der Waals surface area contributed by atoms with E-state index < -0.39 is 0 Å². The minimum Gasteiger partial charge on any atom is -0.368 e. The summed E-state index contributed by atoms with van der Waals surface area (Å²) in [7, 11) is 0. The number of nitrogens with zero attached hydrogens (tertiary/aromatic N) is 4. The average Bonchev–Trinajstić information content (AvgIpc) is 2.56. The van der Waals surface area contributed by atoms with Gasteiger partial charge in [0.15, 0.2) is 5.82 Å². The largest absolute Gasteiger partial charge is 0.368 e. The lowest BCUT2D eigenvalue weighted by Crippen LogP contribution is -1.96. The maximum Gasteiger partial charge on any atom is 0.223 e. The number of hydrogen-bond donors (Lipinski definition) is 1. The molecule has 0 saturated carbocycles. The number of anilines is 1. The van der Waals surface area contributed by atoms with Gasteiger partial charge in [0.2, 0.25) is 5.95 Å². The quantitative estimate of drug-likeness (QED) is 0.692. The van der Waals surface area contributed by atoms with Gasteiger partial charge >= 0.3 is 0 Å². The van der Waals surface area contributed by atoms with Crippen LogP contribution in [-0.4, -0.2) is 19.9 Å². The number of nitrogens with two attached hydrogens (primary N) is 1. The average molecular weight is 179 g/mol. The van der Waals surface area contributed by atoms with Crippen LogP contribution < -0.4 is 5.73 Å². The fourth-order valence-corrected chi connectivity index (χ4v) is 1.31. The van der Waals surface area contributed by atoms with Crippen molar-refractivity contribution in [2.24, 2.45) is 0 Å². The van der Waals surface area contributed by atoms with Gasteiger partial charge in [-0.2, -0.15) is 4.98 Å². The highest BCUT2D eigenvalue weighted by Crippen LogP contribution is 2.17. The Kier molecular flexibility index (Phi) is 1.67. The molecule has 6 heteroatoms. The second-order valence-corrected chi connectivity index (χ2v) is 2.92. The third-order valence-corrected chi connectivity index (χ3v) is 2.01. The summed E-state index contributed by atoms with van der Waals surface area (Å²) in [6.07, 6.45) is 3.08. The van der Waals surface area contributed by atoms with Crippen LogP contribution in [0.5, 0.6) is 0 Å². The van der Waals surface area contributed by atoms with Crippen LogP contribution in [0.3, 0.4) is 0 Å². The molecule has 12 heavy (non-hydrogen) atoms. The van der Waals surface area contributed by atoms with E-state index >= 15 is 0 Å². The maximum atomic E-state index is 5.39. The molecule has 60 valence electrons. The Balaban J connectivity index is 2.48. The molecule has 0 aliphatic rings. The summed E-state index contributed by atoms with van der Waals surface area (Å²) >= 11 is 1.47. The first-order valence-electron chi connectivity index (χ1n) is 3.19. The van der Waals surface area contributed by atoms with Gasteiger partial charge in [-0.15, -0.1) is 11.3 Å². The first kappa shape index (κ1) is 7.11. The fraction of sp³-hybridized carbons (Fsp3) is 0. The molecular weight excluding hydrogens is 174 g/mol. The molecule has 0 bridgehead atoms. The van der Waals surface area contributed by atoms with Gasteiger partial charge in [-0.3, -0.25) is 4.98 Å². The van der Waals surface area contributed by atoms with Crippen molar-refractivity contribution in [3.63, 3.8) is 0 Å². The Morgan fingerprint density at radius 2 is 2.25 bits per heavy atom. The fourth-order valence-electron chi connectivity index (χ4n) is 0.754. The van der Waals surface area contributed by atoms with E-state index in [0.717, 1.165) is 4.88 Å². The lowest BCUT2D eigenvalue weighted by atomic mass is 10.5. The van der Waals surface area contributed by atoms with Gasteiger partial charge in [0.05, 0.1) is 10.4 Å². The summed E-state index contributed by atoms with van der Waals surface area (Å²) in [5.74, 6) is 0.804. The van der Waals surface area contributed by atoms with Gasteiger partial charge in [-0.25, -0.2) is 9.97 Å². The number of rotatable bonds is 1. The van der Waals surface area contributed by atoms with Crippen LogP contribution in [0.4, 0.5) is 5.95 Å². The highest BCUT2D eigenvalue weighted by atomic mass is 32.1. The lowest BCUT2D eigenvalue weighted by Gasteiger charge is -1.93. The van der Waals surface area contributed by atoms with Crippen LogP contribution in [-0.2, 0) is 0 Å². The molecule has 0 aliphatic carbocycles. The predicted molar refractivity (Wildman–Crippen MR) is 45.3 cm³/mol. The Bertz CT molecular complexity index is 371. The summed E-state index contributed by atoms with van der Waals surface area (Å²) in [6.45, 7) is 0. The van der Waals surface area contributed by atoms with Gasteiger partial charge in [0.25, 0.3) is 0 Å². The molecule has 0 aliphatic heterocycles. The minimum atomic E-state index is 0.230. The smallest absolute Gasteiger partial charge is 0.223 e. The van der Waals surface area contributed by atoms with Crippen molar-refractivity contribution in [3.05, 3.63) is 18.0 Å². The number of thiazole rings is 1. The lowest BCUT2D eigenvalue weighted by molar-refractivity contribution is 1.07. The second kappa shape index (κ2) is 2.82. The molecule has 0 atom stereocenters. The Morgan fingerprint density at radius 3 is 2.92 bits per heavy atom. The second-order valence-electron chi connectivity index (χ2n) is 2.03. The number of aromatic nitrogens is 4. The van der Waals surface area contributed by atoms with E-state index in [2.05, 4.69) is 19.9 Å². The zero-order chi connectivity index (χ0) is 8.39. The van der Waals surface area contributed by atoms with Crippen LogP contribution in [0.1, 0.15) is 0 Å². The van der Waals surface area contributed by atoms with Gasteiger partial charge in [-0.05, 0) is 0 Å². The van der Waals surface area contributed by atoms with Gasteiger partial charge in [-0.1, -0.05) is 0 Å². The normalized spacial score (nSPS) is 10.0. The zero-order valence-electron chi connectivity index (χ0n) is 6.01. The van der Waals surface area contributed by atoms with Crippen LogP contribution >= 0.6 is 11.3 Å². The number of nitrogen functional groups attached to an aromatic ring is 1. The summed E-state index contributed by atoms with van der Waals surface area (Å²) in [5, 5.41) is 0. The summed E-state index contributed by atoms with van der Waals surface area (Å²) in [6, 6.07) is 0. The van der Waals surface area contributed by atoms with Crippen LogP contribution in [0, 0.1) is 0 Å². The third kappa shape index (κ3) is 1.24. The van der Waals surface area contributed by atoms with Gasteiger partial charge < -0.3 is 5.73 Å². The highest BCUT2D eigenvalue weighted by molar-refractivity contribution is 7.13. The van der Waals surface area contributed by atoms with E-state index in [9.17, 15) is 0 Å². The summed E-state index contributed by atoms with van der Waals surface area (Å²) < 4.78 is 0. The molecule has 2 aromatic heterocycles. The van der Waals surface area contributed by atoms with E-state index in [1.165, 1.54) is 17.7 Å². The molecule has 0 amide bonds. The monoisotopic (exact) mass is 179 g/mol. The predicted octanol–water partition coefficient (Wildman–Crippen LogP) is 0.577. The molecule has 5 nitrogen and oxygen atoms in total. The van der Waals surface area contributed by atoms with Crippen LogP contribution in [0.2, 0.25) is 0 Å². The first-order valence-corrected chi connectivity index (χ1v) is 4.07. The molecule has 0 aromatic carbocycles. The Hall–Kier alpha value is -1.56. The standard InChI is InChI=1S/C6H5N5S/c7-6-10-2-9-5(11-6)4-1-8-3-12-4/h1-3H,(H2,7,9,10,11). The van der Waals surface area contributed by atoms with E-state index in [-0.39, 0.29) is 5.95 Å². The van der Waals surface area contributed by atoms with E-state index in [1.807, 2.05) is 0 Å². The van der Waals surface area contributed by atoms with Crippen molar-refractivity contribution >= 4 is 17.3 Å². The molecule has 2 heterocycles. The van der Waals surface area contributed by atoms with Crippen molar-refractivity contribution < 1.29 is 0 Å². The molecule has 0 radical (unpaired) electrons. The molecule has 2 N–H and O–H groups in total. The van der Waals surface area contributed by atoms with E-state index in [1.54, 1.807) is 11.7 Å². The van der Waals surface area contributed by atoms with Crippen molar-refractivity contribution in [1.82, 2.24) is 19.9 Å². The molecule has 2 aromatic rings. The van der Waals surface area contributed by atoms with Gasteiger partial charge in [0.1, 0.15) is 6.33 Å². The van der Waals surface area contributed by atoms with Crippen molar-refractivity contribution in [2.45, 2.75) is 0 Å². The molecule has 0 unspecified atom stereocenters. The van der Waals surface area contributed by atoms with Crippen LogP contribution in [0.15, 0.2) is 18.0 Å². The SMILES string of the molecule is Nc1ncnc(-c2cncs2)n1. The molecule has 0 fully saturated rings. The van der Waals surface area contributed by atoms with Crippen molar-refractivity contribution in [2.75, 3.05) is 5.73 Å². The minimum absolute atomic E-state index is 0.230. The molecule has 2 rings (SSSR count). The zero-order valence-corrected chi connectivity index (χ0v) is 6.82. The summed E-state index contributed by atoms with van der Waals surface area (Å²) in [4.78, 5) is 16.4. The Morgan fingerprint density at radius 1 is 1.33 bits per heavy atom. The van der Waals surface area contributed by atoms with Gasteiger partial charge in [0, 0.05) is 6.20 Å². The van der Waals surface area contributed by atoms with Crippen molar-refractivity contribution in [1.29, 1.82) is 0 Å². The van der Waals surface area contributed by atoms with Crippen molar-refractivity contribution in [3.8, 4) is 10.7 Å². The third-order valence-electron chi connectivity index (χ3n) is 1.24. The van der Waals surface area contributed by atoms with E-state index in [0.29, 0.717) is 5.82 Å². The molecule has 0 spiro atoms. The number of hydrogen-bond acceptors (Lipinski definition) is 6.